The fourth-order valence-electron chi connectivity index (χ4n) is 0.848. The highest BCUT2D eigenvalue weighted by Crippen LogP contribution is 2.12. The van der Waals surface area contributed by atoms with E-state index >= 15 is 0 Å². The Hall–Kier alpha value is -1.21. The third kappa shape index (κ3) is 3.34. The van der Waals surface area contributed by atoms with Gasteiger partial charge in [0.1, 0.15) is 5.01 Å². The zero-order valence-corrected chi connectivity index (χ0v) is 7.91. The van der Waals surface area contributed by atoms with Gasteiger partial charge in [0.05, 0.1) is 13.1 Å². The Bertz CT molecular complexity index is 301. The Morgan fingerprint density at radius 2 is 2.38 bits per heavy atom. The molecule has 3 N–H and O–H groups in total. The van der Waals surface area contributed by atoms with Gasteiger partial charge in [-0.15, -0.1) is 10.2 Å². The van der Waals surface area contributed by atoms with Crippen LogP contribution in [-0.2, 0) is 11.3 Å². The van der Waals surface area contributed by atoms with E-state index in [0.29, 0.717) is 11.7 Å². The average molecular weight is 202 g/mol. The van der Waals surface area contributed by atoms with Crippen molar-refractivity contribution >= 4 is 22.4 Å². The molecule has 7 heteroatoms. The number of carboxylic acids is 1. The molecule has 0 radical (unpaired) electrons. The fourth-order valence-corrected chi connectivity index (χ4v) is 1.54. The van der Waals surface area contributed by atoms with Crippen LogP contribution in [0.4, 0.5) is 5.13 Å². The molecule has 0 saturated carbocycles. The fraction of sp³-hybridized carbons (Fsp3) is 0.500. The summed E-state index contributed by atoms with van der Waals surface area (Å²) in [6.45, 7) is 0.445. The number of aliphatic carboxylic acids is 1. The van der Waals surface area contributed by atoms with Gasteiger partial charge in [-0.1, -0.05) is 11.3 Å². The molecule has 0 fully saturated rings. The molecule has 0 aliphatic carbocycles. The monoisotopic (exact) mass is 202 g/mol. The van der Waals surface area contributed by atoms with Crippen LogP contribution in [0.25, 0.3) is 0 Å². The predicted octanol–water partition coefficient (Wildman–Crippen LogP) is -0.363. The summed E-state index contributed by atoms with van der Waals surface area (Å²) in [6, 6.07) is 0. The molecule has 0 amide bonds. The Labute approximate surface area is 79.0 Å². The van der Waals surface area contributed by atoms with Crippen molar-refractivity contribution in [2.24, 2.45) is 0 Å². The van der Waals surface area contributed by atoms with Gasteiger partial charge < -0.3 is 10.8 Å². The van der Waals surface area contributed by atoms with Crippen molar-refractivity contribution < 1.29 is 9.90 Å². The predicted molar refractivity (Wildman–Crippen MR) is 48.3 cm³/mol. The molecular weight excluding hydrogens is 192 g/mol. The maximum Gasteiger partial charge on any atom is 0.317 e. The van der Waals surface area contributed by atoms with E-state index in [0.717, 1.165) is 5.01 Å². The van der Waals surface area contributed by atoms with Crippen molar-refractivity contribution in [3.63, 3.8) is 0 Å². The Morgan fingerprint density at radius 3 is 2.85 bits per heavy atom. The summed E-state index contributed by atoms with van der Waals surface area (Å²) in [5.41, 5.74) is 5.37. The van der Waals surface area contributed by atoms with E-state index in [1.54, 1.807) is 11.9 Å². The summed E-state index contributed by atoms with van der Waals surface area (Å²) in [7, 11) is 1.70. The average Bonchev–Trinajstić information content (AvgIpc) is 2.33. The number of rotatable bonds is 4. The summed E-state index contributed by atoms with van der Waals surface area (Å²) in [5.74, 6) is -0.861. The highest BCUT2D eigenvalue weighted by Gasteiger charge is 2.07. The van der Waals surface area contributed by atoms with Crippen LogP contribution in [0.2, 0.25) is 0 Å². The molecule has 72 valence electrons. The first-order valence-corrected chi connectivity index (χ1v) is 4.38. The smallest absolute Gasteiger partial charge is 0.317 e. The Morgan fingerprint density at radius 1 is 1.69 bits per heavy atom. The molecule has 0 unspecified atom stereocenters. The van der Waals surface area contributed by atoms with Crippen LogP contribution >= 0.6 is 11.3 Å². The third-order valence-electron chi connectivity index (χ3n) is 1.29. The van der Waals surface area contributed by atoms with Crippen LogP contribution < -0.4 is 5.73 Å². The number of carboxylic acid groups (broad SMARTS) is 1. The molecule has 0 aliphatic heterocycles. The van der Waals surface area contributed by atoms with Gasteiger partial charge in [-0.3, -0.25) is 9.69 Å². The molecule has 1 aromatic heterocycles. The number of nitrogens with zero attached hydrogens (tertiary/aromatic N) is 3. The zero-order chi connectivity index (χ0) is 9.84. The van der Waals surface area contributed by atoms with E-state index in [2.05, 4.69) is 10.2 Å². The maximum absolute atomic E-state index is 10.3. The first-order chi connectivity index (χ1) is 6.08. The minimum absolute atomic E-state index is 0.0144. The summed E-state index contributed by atoms with van der Waals surface area (Å²) in [5, 5.41) is 17.0. The van der Waals surface area contributed by atoms with Crippen LogP contribution in [0.15, 0.2) is 0 Å². The summed E-state index contributed by atoms with van der Waals surface area (Å²) in [6.07, 6.45) is 0. The maximum atomic E-state index is 10.3. The second kappa shape index (κ2) is 4.15. The van der Waals surface area contributed by atoms with Crippen molar-refractivity contribution in [3.8, 4) is 0 Å². The van der Waals surface area contributed by atoms with E-state index in [1.807, 2.05) is 0 Å². The molecule has 13 heavy (non-hydrogen) atoms. The lowest BCUT2D eigenvalue weighted by Crippen LogP contribution is -2.24. The standard InChI is InChI=1S/C6H10N4O2S/c1-10(3-5(11)12)2-4-8-9-6(7)13-4/h2-3H2,1H3,(H2,7,9)(H,11,12). The van der Waals surface area contributed by atoms with Gasteiger partial charge in [-0.05, 0) is 7.05 Å². The SMILES string of the molecule is CN(CC(=O)O)Cc1nnc(N)s1. The largest absolute Gasteiger partial charge is 0.480 e. The van der Waals surface area contributed by atoms with Crippen LogP contribution in [0.1, 0.15) is 5.01 Å². The zero-order valence-electron chi connectivity index (χ0n) is 7.10. The lowest BCUT2D eigenvalue weighted by atomic mass is 10.5. The Kier molecular flexibility index (Phi) is 3.15. The Balaban J connectivity index is 2.44. The number of anilines is 1. The number of hydrogen-bond acceptors (Lipinski definition) is 6. The molecular formula is C6H10N4O2S. The van der Waals surface area contributed by atoms with E-state index in [4.69, 9.17) is 10.8 Å². The molecule has 0 atom stereocenters. The number of nitrogen functional groups attached to an aromatic ring is 1. The summed E-state index contributed by atoms with van der Waals surface area (Å²) >= 11 is 1.26. The van der Waals surface area contributed by atoms with Crippen LogP contribution in [-0.4, -0.2) is 39.8 Å². The van der Waals surface area contributed by atoms with E-state index in [-0.39, 0.29) is 6.54 Å². The minimum Gasteiger partial charge on any atom is -0.480 e. The van der Waals surface area contributed by atoms with Crippen LogP contribution in [0.5, 0.6) is 0 Å². The minimum atomic E-state index is -0.861. The van der Waals surface area contributed by atoms with Crippen LogP contribution in [0.3, 0.4) is 0 Å². The normalized spacial score (nSPS) is 10.6. The molecule has 0 bridgehead atoms. The molecule has 1 heterocycles. The molecule has 1 aromatic rings. The quantitative estimate of drug-likeness (QED) is 0.692. The van der Waals surface area contributed by atoms with Crippen LogP contribution in [0, 0.1) is 0 Å². The van der Waals surface area contributed by atoms with E-state index in [9.17, 15) is 4.79 Å². The van der Waals surface area contributed by atoms with Crippen molar-refractivity contribution in [1.29, 1.82) is 0 Å². The van der Waals surface area contributed by atoms with Gasteiger partial charge in [0.2, 0.25) is 5.13 Å². The number of hydrogen-bond donors (Lipinski definition) is 2. The lowest BCUT2D eigenvalue weighted by molar-refractivity contribution is -0.138. The first-order valence-electron chi connectivity index (χ1n) is 3.56. The molecule has 6 nitrogen and oxygen atoms in total. The molecule has 0 aromatic carbocycles. The highest BCUT2D eigenvalue weighted by atomic mass is 32.1. The van der Waals surface area contributed by atoms with Gasteiger partial charge in [0.25, 0.3) is 0 Å². The second-order valence-corrected chi connectivity index (χ2v) is 3.69. The number of carbonyl (C=O) groups is 1. The van der Waals surface area contributed by atoms with Gasteiger partial charge in [-0.25, -0.2) is 0 Å². The van der Waals surface area contributed by atoms with Crippen molar-refractivity contribution in [2.45, 2.75) is 6.54 Å². The first kappa shape index (κ1) is 9.87. The summed E-state index contributed by atoms with van der Waals surface area (Å²) in [4.78, 5) is 11.9. The molecule has 0 aliphatic rings. The lowest BCUT2D eigenvalue weighted by Gasteiger charge is -2.10. The number of nitrogens with two attached hydrogens (primary N) is 1. The number of aromatic nitrogens is 2. The summed E-state index contributed by atoms with van der Waals surface area (Å²) < 4.78 is 0. The number of likely N-dealkylation sites (N-methyl/N-ethyl adjacent to an activating group) is 1. The van der Waals surface area contributed by atoms with Crippen molar-refractivity contribution in [2.75, 3.05) is 19.3 Å². The topological polar surface area (TPSA) is 92.3 Å². The second-order valence-electron chi connectivity index (χ2n) is 2.60. The van der Waals surface area contributed by atoms with Crippen molar-refractivity contribution in [1.82, 2.24) is 15.1 Å². The van der Waals surface area contributed by atoms with Gasteiger partial charge in [0, 0.05) is 0 Å². The molecule has 0 spiro atoms. The molecule has 1 rings (SSSR count). The van der Waals surface area contributed by atoms with E-state index < -0.39 is 5.97 Å². The van der Waals surface area contributed by atoms with Gasteiger partial charge in [-0.2, -0.15) is 0 Å². The van der Waals surface area contributed by atoms with Gasteiger partial charge >= 0.3 is 5.97 Å². The van der Waals surface area contributed by atoms with E-state index in [1.165, 1.54) is 11.3 Å². The van der Waals surface area contributed by atoms with Crippen molar-refractivity contribution in [3.05, 3.63) is 5.01 Å². The molecule has 0 saturated heterocycles. The third-order valence-corrected chi connectivity index (χ3v) is 2.03. The highest BCUT2D eigenvalue weighted by molar-refractivity contribution is 7.15. The van der Waals surface area contributed by atoms with Gasteiger partial charge in [0.15, 0.2) is 0 Å².